The Morgan fingerprint density at radius 3 is 2.32 bits per heavy atom. The second kappa shape index (κ2) is 10.2. The van der Waals surface area contributed by atoms with Crippen LogP contribution in [0.5, 0.6) is 5.75 Å². The van der Waals surface area contributed by atoms with E-state index in [1.165, 1.54) is 6.07 Å². The van der Waals surface area contributed by atoms with Gasteiger partial charge in [-0.15, -0.1) is 0 Å². The zero-order valence-electron chi connectivity index (χ0n) is 14.3. The van der Waals surface area contributed by atoms with Gasteiger partial charge in [-0.2, -0.15) is 0 Å². The van der Waals surface area contributed by atoms with Crippen molar-refractivity contribution < 1.29 is 32.6 Å². The van der Waals surface area contributed by atoms with Crippen LogP contribution in [0.25, 0.3) is 0 Å². The third-order valence-electron chi connectivity index (χ3n) is 3.18. The molecule has 10 heteroatoms. The zero-order chi connectivity index (χ0) is 20.5. The van der Waals surface area contributed by atoms with E-state index in [1.54, 1.807) is 24.3 Å². The molecule has 0 aromatic heterocycles. The molecule has 0 fully saturated rings. The van der Waals surface area contributed by atoms with E-state index >= 15 is 0 Å². The smallest absolute Gasteiger partial charge is 0.344 e. The molecule has 0 aliphatic heterocycles. The van der Waals surface area contributed by atoms with Crippen molar-refractivity contribution in [1.29, 1.82) is 0 Å². The highest BCUT2D eigenvalue weighted by Gasteiger charge is 2.11. The Morgan fingerprint density at radius 1 is 0.929 bits per heavy atom. The van der Waals surface area contributed by atoms with Gasteiger partial charge in [-0.25, -0.2) is 13.6 Å². The van der Waals surface area contributed by atoms with Crippen molar-refractivity contribution in [3.05, 3.63) is 59.1 Å². The van der Waals surface area contributed by atoms with Crippen LogP contribution in [0.1, 0.15) is 0 Å². The van der Waals surface area contributed by atoms with Gasteiger partial charge in [-0.3, -0.25) is 9.59 Å². The van der Waals surface area contributed by atoms with E-state index in [0.717, 1.165) is 12.1 Å². The largest absolute Gasteiger partial charge is 0.482 e. The summed E-state index contributed by atoms with van der Waals surface area (Å²) < 4.78 is 35.7. The van der Waals surface area contributed by atoms with Crippen molar-refractivity contribution >= 4 is 35.1 Å². The van der Waals surface area contributed by atoms with Crippen LogP contribution in [0.15, 0.2) is 42.5 Å². The third-order valence-corrected chi connectivity index (χ3v) is 3.44. The molecule has 2 amide bonds. The molecule has 2 aromatic carbocycles. The average molecular weight is 413 g/mol. The van der Waals surface area contributed by atoms with E-state index in [9.17, 15) is 23.2 Å². The Bertz CT molecular complexity index is 862. The summed E-state index contributed by atoms with van der Waals surface area (Å²) in [4.78, 5) is 34.8. The van der Waals surface area contributed by atoms with E-state index in [-0.39, 0.29) is 5.69 Å². The van der Waals surface area contributed by atoms with Crippen LogP contribution >= 0.6 is 11.6 Å². The molecule has 0 saturated heterocycles. The molecule has 7 nitrogen and oxygen atoms in total. The predicted molar refractivity (Wildman–Crippen MR) is 95.9 cm³/mol. The first kappa shape index (κ1) is 21.1. The maximum atomic E-state index is 13.0. The molecule has 0 unspecified atom stereocenters. The summed E-state index contributed by atoms with van der Waals surface area (Å²) in [6.45, 7) is -1.47. The Kier molecular flexibility index (Phi) is 7.70. The van der Waals surface area contributed by atoms with Gasteiger partial charge in [0, 0.05) is 16.8 Å². The van der Waals surface area contributed by atoms with Gasteiger partial charge in [-0.05, 0) is 36.4 Å². The van der Waals surface area contributed by atoms with Crippen LogP contribution in [0.4, 0.5) is 14.5 Å². The van der Waals surface area contributed by atoms with Crippen molar-refractivity contribution in [2.45, 2.75) is 0 Å². The number of carbonyl (C=O) groups is 3. The van der Waals surface area contributed by atoms with Crippen molar-refractivity contribution in [3.63, 3.8) is 0 Å². The Balaban J connectivity index is 1.64. The number of amides is 2. The van der Waals surface area contributed by atoms with E-state index < -0.39 is 49.2 Å². The number of halogens is 3. The van der Waals surface area contributed by atoms with Crippen molar-refractivity contribution in [2.75, 3.05) is 25.1 Å². The SMILES string of the molecule is O=C(COC(=O)COc1ccc(Cl)cc1)NCC(=O)Nc1ccc(F)c(F)c1. The molecule has 0 aliphatic rings. The van der Waals surface area contributed by atoms with Crippen LogP contribution < -0.4 is 15.4 Å². The topological polar surface area (TPSA) is 93.7 Å². The number of nitrogens with one attached hydrogen (secondary N) is 2. The molecule has 0 saturated carbocycles. The Morgan fingerprint density at radius 2 is 1.64 bits per heavy atom. The fourth-order valence-electron chi connectivity index (χ4n) is 1.87. The van der Waals surface area contributed by atoms with E-state index in [4.69, 9.17) is 21.1 Å². The predicted octanol–water partition coefficient (Wildman–Crippen LogP) is 2.30. The first-order valence-corrected chi connectivity index (χ1v) is 8.27. The lowest BCUT2D eigenvalue weighted by Crippen LogP contribution is -2.36. The molecule has 28 heavy (non-hydrogen) atoms. The molecule has 2 rings (SSSR count). The minimum absolute atomic E-state index is 0.0314. The fourth-order valence-corrected chi connectivity index (χ4v) is 2.00. The van der Waals surface area contributed by atoms with Gasteiger partial charge in [-0.1, -0.05) is 11.6 Å². The Labute approximate surface area is 163 Å². The van der Waals surface area contributed by atoms with E-state index in [1.807, 2.05) is 0 Å². The molecular weight excluding hydrogens is 398 g/mol. The van der Waals surface area contributed by atoms with Crippen LogP contribution in [-0.2, 0) is 19.1 Å². The minimum Gasteiger partial charge on any atom is -0.482 e. The standard InChI is InChI=1S/C18H15ClF2N2O5/c19-11-1-4-13(5-2-11)27-10-18(26)28-9-17(25)22-8-16(24)23-12-3-6-14(20)15(21)7-12/h1-7H,8-10H2,(H,22,25)(H,23,24). The van der Waals surface area contributed by atoms with Gasteiger partial charge in [0.1, 0.15) is 5.75 Å². The van der Waals surface area contributed by atoms with Gasteiger partial charge in [0.05, 0.1) is 6.54 Å². The highest BCUT2D eigenvalue weighted by molar-refractivity contribution is 6.30. The quantitative estimate of drug-likeness (QED) is 0.649. The molecule has 2 aromatic rings. The fraction of sp³-hybridized carbons (Fsp3) is 0.167. The summed E-state index contributed by atoms with van der Waals surface area (Å²) in [7, 11) is 0. The Hall–Kier alpha value is -3.20. The van der Waals surface area contributed by atoms with Gasteiger partial charge >= 0.3 is 5.97 Å². The van der Waals surface area contributed by atoms with E-state index in [2.05, 4.69) is 10.6 Å². The molecule has 0 bridgehead atoms. The number of anilines is 1. The molecule has 0 heterocycles. The number of hydrogen-bond acceptors (Lipinski definition) is 5. The molecule has 0 spiro atoms. The summed E-state index contributed by atoms with van der Waals surface area (Å²) >= 11 is 5.72. The zero-order valence-corrected chi connectivity index (χ0v) is 15.1. The number of hydrogen-bond donors (Lipinski definition) is 2. The maximum absolute atomic E-state index is 13.0. The second-order valence-electron chi connectivity index (χ2n) is 5.36. The van der Waals surface area contributed by atoms with E-state index in [0.29, 0.717) is 10.8 Å². The summed E-state index contributed by atoms with van der Waals surface area (Å²) in [6, 6.07) is 9.12. The van der Waals surface area contributed by atoms with Gasteiger partial charge in [0.15, 0.2) is 24.8 Å². The van der Waals surface area contributed by atoms with Crippen molar-refractivity contribution in [1.82, 2.24) is 5.32 Å². The lowest BCUT2D eigenvalue weighted by molar-refractivity contribution is -0.150. The van der Waals surface area contributed by atoms with Crippen molar-refractivity contribution in [2.24, 2.45) is 0 Å². The summed E-state index contributed by atoms with van der Waals surface area (Å²) in [6.07, 6.45) is 0. The van der Waals surface area contributed by atoms with Crippen LogP contribution in [0.2, 0.25) is 5.02 Å². The monoisotopic (exact) mass is 412 g/mol. The lowest BCUT2D eigenvalue weighted by Gasteiger charge is -2.09. The second-order valence-corrected chi connectivity index (χ2v) is 5.79. The molecular formula is C18H15ClF2N2O5. The van der Waals surface area contributed by atoms with Gasteiger partial charge in [0.25, 0.3) is 5.91 Å². The number of ether oxygens (including phenoxy) is 2. The van der Waals surface area contributed by atoms with Crippen LogP contribution in [-0.4, -0.2) is 37.5 Å². The first-order valence-electron chi connectivity index (χ1n) is 7.89. The maximum Gasteiger partial charge on any atom is 0.344 e. The third kappa shape index (κ3) is 7.20. The summed E-state index contributed by atoms with van der Waals surface area (Å²) in [5, 5.41) is 5.00. The minimum atomic E-state index is -1.12. The van der Waals surface area contributed by atoms with Crippen molar-refractivity contribution in [3.8, 4) is 5.75 Å². The molecule has 0 atom stereocenters. The molecule has 0 aliphatic carbocycles. The normalized spacial score (nSPS) is 10.1. The lowest BCUT2D eigenvalue weighted by atomic mass is 10.3. The number of carbonyl (C=O) groups excluding carboxylic acids is 3. The number of esters is 1. The molecule has 0 radical (unpaired) electrons. The van der Waals surface area contributed by atoms with Crippen LogP contribution in [0, 0.1) is 11.6 Å². The van der Waals surface area contributed by atoms with Gasteiger partial charge < -0.3 is 20.1 Å². The summed E-state index contributed by atoms with van der Waals surface area (Å²) in [5.74, 6) is -3.93. The average Bonchev–Trinajstić information content (AvgIpc) is 2.67. The highest BCUT2D eigenvalue weighted by atomic mass is 35.5. The molecule has 2 N–H and O–H groups in total. The van der Waals surface area contributed by atoms with Gasteiger partial charge in [0.2, 0.25) is 5.91 Å². The first-order chi connectivity index (χ1) is 13.3. The number of benzene rings is 2. The summed E-state index contributed by atoms with van der Waals surface area (Å²) in [5.41, 5.74) is 0.0314. The highest BCUT2D eigenvalue weighted by Crippen LogP contribution is 2.15. The molecule has 148 valence electrons. The van der Waals surface area contributed by atoms with Crippen LogP contribution in [0.3, 0.4) is 0 Å². The number of rotatable bonds is 8.